The molecule has 4 nitrogen and oxygen atoms in total. The lowest BCUT2D eigenvalue weighted by atomic mass is 9.56. The maximum Gasteiger partial charge on any atom is 0.309 e. The predicted molar refractivity (Wildman–Crippen MR) is 113 cm³/mol. The number of likely N-dealkylation sites (tertiary alicyclic amines) is 1. The molecule has 0 radical (unpaired) electrons. The van der Waals surface area contributed by atoms with Gasteiger partial charge in [-0.3, -0.25) is 9.69 Å². The molecule has 1 aliphatic heterocycles. The molecule has 0 amide bonds. The molecule has 0 bridgehead atoms. The highest BCUT2D eigenvalue weighted by Gasteiger charge is 2.57. The second-order valence-electron chi connectivity index (χ2n) is 11.4. The topological polar surface area (TPSA) is 60.8 Å². The fourth-order valence-electron chi connectivity index (χ4n) is 5.39. The Hall–Kier alpha value is -0.610. The van der Waals surface area contributed by atoms with E-state index in [4.69, 9.17) is 0 Å². The van der Waals surface area contributed by atoms with Crippen LogP contribution in [0.25, 0.3) is 0 Å². The molecule has 1 fully saturated rings. The molecule has 0 aliphatic carbocycles. The van der Waals surface area contributed by atoms with Gasteiger partial charge >= 0.3 is 5.97 Å². The van der Waals surface area contributed by atoms with Gasteiger partial charge in [-0.15, -0.1) is 0 Å². The number of aliphatic hydroxyl groups is 1. The van der Waals surface area contributed by atoms with Crippen molar-refractivity contribution in [2.45, 2.75) is 112 Å². The lowest BCUT2D eigenvalue weighted by molar-refractivity contribution is -0.200. The van der Waals surface area contributed by atoms with E-state index >= 15 is 0 Å². The van der Waals surface area contributed by atoms with Crippen molar-refractivity contribution in [3.8, 4) is 0 Å². The second kappa shape index (κ2) is 8.02. The van der Waals surface area contributed by atoms with Crippen LogP contribution in [-0.4, -0.2) is 45.3 Å². The van der Waals surface area contributed by atoms with Crippen LogP contribution in [0.1, 0.15) is 101 Å². The van der Waals surface area contributed by atoms with Crippen molar-refractivity contribution >= 4 is 5.97 Å². The van der Waals surface area contributed by atoms with Crippen molar-refractivity contribution in [3.63, 3.8) is 0 Å². The summed E-state index contributed by atoms with van der Waals surface area (Å²) in [6.45, 7) is 20.5. The Bertz CT molecular complexity index is 522. The van der Waals surface area contributed by atoms with E-state index < -0.39 is 17.0 Å². The normalized spacial score (nSPS) is 24.8. The molecule has 1 atom stereocenters. The quantitative estimate of drug-likeness (QED) is 0.528. The first-order valence-corrected chi connectivity index (χ1v) is 10.7. The van der Waals surface area contributed by atoms with Crippen LogP contribution >= 0.6 is 0 Å². The van der Waals surface area contributed by atoms with Crippen molar-refractivity contribution < 1.29 is 15.0 Å². The zero-order valence-electron chi connectivity index (χ0n) is 19.4. The highest BCUT2D eigenvalue weighted by molar-refractivity contribution is 5.73. The number of aliphatic carboxylic acids is 1. The molecule has 1 saturated heterocycles. The lowest BCUT2D eigenvalue weighted by Gasteiger charge is -2.60. The molecule has 0 aromatic carbocycles. The third kappa shape index (κ3) is 5.06. The molecule has 1 unspecified atom stereocenters. The number of unbranched alkanes of at least 4 members (excludes halogenated alkanes) is 2. The number of carboxylic acids is 1. The predicted octanol–water partition coefficient (Wildman–Crippen LogP) is 5.34. The van der Waals surface area contributed by atoms with E-state index in [1.54, 1.807) is 13.8 Å². The van der Waals surface area contributed by atoms with Crippen molar-refractivity contribution in [2.75, 3.05) is 13.1 Å². The van der Waals surface area contributed by atoms with Crippen molar-refractivity contribution in [1.29, 1.82) is 0 Å². The SMILES string of the molecule is CCCCCC(C)(C)C1(O)CCN(C(C)(C)CC(C)(C)C(=O)O)CC1(C)C. The molecule has 160 valence electrons. The Balaban J connectivity index is 2.99. The van der Waals surface area contributed by atoms with Gasteiger partial charge in [-0.25, -0.2) is 0 Å². The van der Waals surface area contributed by atoms with Gasteiger partial charge in [0.2, 0.25) is 0 Å². The van der Waals surface area contributed by atoms with Gasteiger partial charge < -0.3 is 10.2 Å². The first-order chi connectivity index (χ1) is 12.0. The van der Waals surface area contributed by atoms with E-state index in [9.17, 15) is 15.0 Å². The first kappa shape index (κ1) is 24.4. The molecule has 0 aromatic rings. The molecule has 4 heteroatoms. The summed E-state index contributed by atoms with van der Waals surface area (Å²) in [7, 11) is 0. The van der Waals surface area contributed by atoms with Crippen LogP contribution in [0.3, 0.4) is 0 Å². The molecule has 1 heterocycles. The summed E-state index contributed by atoms with van der Waals surface area (Å²) < 4.78 is 0. The minimum atomic E-state index is -0.763. The van der Waals surface area contributed by atoms with Gasteiger partial charge in [0.05, 0.1) is 11.0 Å². The Kier molecular flexibility index (Phi) is 7.26. The van der Waals surface area contributed by atoms with Crippen molar-refractivity contribution in [1.82, 2.24) is 4.90 Å². The minimum absolute atomic E-state index is 0.137. The maximum absolute atomic E-state index is 11.8. The maximum atomic E-state index is 11.8. The van der Waals surface area contributed by atoms with Crippen molar-refractivity contribution in [2.24, 2.45) is 16.2 Å². The van der Waals surface area contributed by atoms with E-state index in [2.05, 4.69) is 53.4 Å². The average molecular weight is 384 g/mol. The Morgan fingerprint density at radius 2 is 1.63 bits per heavy atom. The van der Waals surface area contributed by atoms with Crippen LogP contribution < -0.4 is 0 Å². The highest BCUT2D eigenvalue weighted by Crippen LogP contribution is 2.53. The molecule has 27 heavy (non-hydrogen) atoms. The Morgan fingerprint density at radius 3 is 2.07 bits per heavy atom. The highest BCUT2D eigenvalue weighted by atomic mass is 16.4. The van der Waals surface area contributed by atoms with Crippen LogP contribution in [-0.2, 0) is 4.79 Å². The third-order valence-electron chi connectivity index (χ3n) is 7.28. The number of piperidine rings is 1. The number of carboxylic acid groups (broad SMARTS) is 1. The van der Waals surface area contributed by atoms with E-state index in [1.807, 2.05) is 0 Å². The number of carbonyl (C=O) groups is 1. The van der Waals surface area contributed by atoms with Gasteiger partial charge in [0, 0.05) is 24.0 Å². The van der Waals surface area contributed by atoms with Crippen LogP contribution in [0.15, 0.2) is 0 Å². The molecular formula is C23H45NO3. The Labute approximate surface area is 167 Å². The lowest BCUT2D eigenvalue weighted by Crippen LogP contribution is -2.66. The van der Waals surface area contributed by atoms with Crippen molar-refractivity contribution in [3.05, 3.63) is 0 Å². The number of hydrogen-bond donors (Lipinski definition) is 2. The zero-order chi connectivity index (χ0) is 21.3. The number of nitrogens with zero attached hydrogens (tertiary/aromatic N) is 1. The molecule has 0 aromatic heterocycles. The molecule has 1 aliphatic rings. The summed E-state index contributed by atoms with van der Waals surface area (Å²) in [5.41, 5.74) is -2.11. The number of hydrogen-bond acceptors (Lipinski definition) is 3. The summed E-state index contributed by atoms with van der Waals surface area (Å²) in [5, 5.41) is 21.3. The van der Waals surface area contributed by atoms with Crippen LogP contribution in [0.2, 0.25) is 0 Å². The third-order valence-corrected chi connectivity index (χ3v) is 7.28. The summed E-state index contributed by atoms with van der Waals surface area (Å²) in [6.07, 6.45) is 5.92. The second-order valence-corrected chi connectivity index (χ2v) is 11.4. The monoisotopic (exact) mass is 383 g/mol. The number of rotatable bonds is 9. The van der Waals surface area contributed by atoms with Gasteiger partial charge in [-0.1, -0.05) is 53.9 Å². The average Bonchev–Trinajstić information content (AvgIpc) is 2.48. The molecular weight excluding hydrogens is 338 g/mol. The van der Waals surface area contributed by atoms with E-state index in [1.165, 1.54) is 12.8 Å². The molecule has 0 spiro atoms. The van der Waals surface area contributed by atoms with E-state index in [0.717, 1.165) is 32.4 Å². The van der Waals surface area contributed by atoms with Crippen LogP contribution in [0, 0.1) is 16.2 Å². The van der Waals surface area contributed by atoms with Gasteiger partial charge in [0.15, 0.2) is 0 Å². The summed E-state index contributed by atoms with van der Waals surface area (Å²) in [6, 6.07) is 0. The van der Waals surface area contributed by atoms with Gasteiger partial charge in [-0.05, 0) is 52.4 Å². The Morgan fingerprint density at radius 1 is 1.07 bits per heavy atom. The van der Waals surface area contributed by atoms with Crippen LogP contribution in [0.5, 0.6) is 0 Å². The summed E-state index contributed by atoms with van der Waals surface area (Å²) in [5.74, 6) is -0.750. The first-order valence-electron chi connectivity index (χ1n) is 10.7. The zero-order valence-corrected chi connectivity index (χ0v) is 19.4. The smallest absolute Gasteiger partial charge is 0.309 e. The van der Waals surface area contributed by atoms with Crippen LogP contribution in [0.4, 0.5) is 0 Å². The largest absolute Gasteiger partial charge is 0.481 e. The molecule has 0 saturated carbocycles. The molecule has 2 N–H and O–H groups in total. The molecule has 1 rings (SSSR count). The van der Waals surface area contributed by atoms with Gasteiger partial charge in [-0.2, -0.15) is 0 Å². The fraction of sp³-hybridized carbons (Fsp3) is 0.957. The van der Waals surface area contributed by atoms with Gasteiger partial charge in [0.1, 0.15) is 0 Å². The summed E-state index contributed by atoms with van der Waals surface area (Å²) in [4.78, 5) is 14.0. The van der Waals surface area contributed by atoms with E-state index in [0.29, 0.717) is 6.42 Å². The fourth-order valence-corrected chi connectivity index (χ4v) is 5.39. The standard InChI is InChI=1S/C23H45NO3/c1-10-11-12-13-20(4,5)23(27)14-15-24(17-21(23,6)7)22(8,9)16-19(2,3)18(25)26/h27H,10-17H2,1-9H3,(H,25,26). The summed E-state index contributed by atoms with van der Waals surface area (Å²) >= 11 is 0. The van der Waals surface area contributed by atoms with E-state index in [-0.39, 0.29) is 16.4 Å². The minimum Gasteiger partial charge on any atom is -0.481 e. The van der Waals surface area contributed by atoms with Gasteiger partial charge in [0.25, 0.3) is 0 Å².